The monoisotopic (exact) mass is 347 g/mol. The van der Waals surface area contributed by atoms with E-state index >= 15 is 0 Å². The highest BCUT2D eigenvalue weighted by Gasteiger charge is 2.44. The highest BCUT2D eigenvalue weighted by molar-refractivity contribution is 7.45. The second-order valence-electron chi connectivity index (χ2n) is 6.49. The van der Waals surface area contributed by atoms with Crippen molar-refractivity contribution in [3.8, 4) is 11.1 Å². The predicted octanol–water partition coefficient (Wildman–Crippen LogP) is 2.75. The summed E-state index contributed by atoms with van der Waals surface area (Å²) in [6.07, 6.45) is 2.50. The lowest BCUT2D eigenvalue weighted by Gasteiger charge is -2.39. The number of fused-ring (bicyclic) bond motifs is 5. The van der Waals surface area contributed by atoms with E-state index in [4.69, 9.17) is 19.2 Å². The van der Waals surface area contributed by atoms with Gasteiger partial charge in [-0.2, -0.15) is 0 Å². The Balaban J connectivity index is 0.000000300. The Hall–Kier alpha value is -1.49. The molecular formula is C18H22NO4P. The first-order valence-corrected chi connectivity index (χ1v) is 9.54. The van der Waals surface area contributed by atoms with E-state index < -0.39 is 7.82 Å². The molecule has 1 aliphatic heterocycles. The van der Waals surface area contributed by atoms with Crippen LogP contribution in [0, 0.1) is 0 Å². The maximum atomic E-state index is 8.88. The van der Waals surface area contributed by atoms with E-state index in [1.165, 1.54) is 37.1 Å². The molecule has 0 aromatic heterocycles. The van der Waals surface area contributed by atoms with Gasteiger partial charge >= 0.3 is 7.82 Å². The molecule has 0 bridgehead atoms. The Labute approximate surface area is 141 Å². The number of likely N-dealkylation sites (tertiary alicyclic amines) is 1. The largest absolute Gasteiger partial charge is 0.466 e. The third-order valence-corrected chi connectivity index (χ3v) is 5.02. The average Bonchev–Trinajstić information content (AvgIpc) is 2.80. The molecule has 2 aromatic carbocycles. The Kier molecular flexibility index (Phi) is 4.65. The first-order valence-electron chi connectivity index (χ1n) is 7.97. The van der Waals surface area contributed by atoms with E-state index in [2.05, 4.69) is 60.5 Å². The predicted molar refractivity (Wildman–Crippen MR) is 93.7 cm³/mol. The molecule has 1 saturated heterocycles. The molecule has 1 aliphatic carbocycles. The molecule has 4 rings (SSSR count). The first kappa shape index (κ1) is 17.3. The van der Waals surface area contributed by atoms with E-state index in [1.807, 2.05) is 0 Å². The minimum absolute atomic E-state index is 0.277. The molecule has 5 nitrogen and oxygen atoms in total. The molecular weight excluding hydrogens is 325 g/mol. The zero-order chi connectivity index (χ0) is 17.4. The summed E-state index contributed by atoms with van der Waals surface area (Å²) in [6.45, 7) is 2.39. The summed E-state index contributed by atoms with van der Waals surface area (Å²) in [4.78, 5) is 24.0. The molecule has 0 unspecified atom stereocenters. The number of nitrogens with zero attached hydrogens (tertiary/aromatic N) is 1. The number of benzene rings is 2. The Morgan fingerprint density at radius 2 is 1.25 bits per heavy atom. The van der Waals surface area contributed by atoms with Crippen LogP contribution in [0.3, 0.4) is 0 Å². The molecule has 128 valence electrons. The minimum atomic E-state index is -4.64. The second-order valence-corrected chi connectivity index (χ2v) is 7.52. The van der Waals surface area contributed by atoms with Gasteiger partial charge in [0.15, 0.2) is 0 Å². The summed E-state index contributed by atoms with van der Waals surface area (Å²) < 4.78 is 8.88. The molecule has 2 aliphatic rings. The van der Waals surface area contributed by atoms with Crippen LogP contribution in [0.5, 0.6) is 0 Å². The molecule has 2 aromatic rings. The molecule has 3 N–H and O–H groups in total. The van der Waals surface area contributed by atoms with E-state index in [-0.39, 0.29) is 5.41 Å². The Bertz CT molecular complexity index is 722. The van der Waals surface area contributed by atoms with Gasteiger partial charge in [0.05, 0.1) is 0 Å². The van der Waals surface area contributed by atoms with Gasteiger partial charge in [-0.25, -0.2) is 4.57 Å². The van der Waals surface area contributed by atoms with Crippen LogP contribution in [-0.4, -0.2) is 39.7 Å². The summed E-state index contributed by atoms with van der Waals surface area (Å²) in [5, 5.41) is 0. The van der Waals surface area contributed by atoms with Crippen molar-refractivity contribution in [3.63, 3.8) is 0 Å². The maximum Gasteiger partial charge on any atom is 0.466 e. The molecule has 0 radical (unpaired) electrons. The van der Waals surface area contributed by atoms with E-state index in [9.17, 15) is 0 Å². The quantitative estimate of drug-likeness (QED) is 0.639. The van der Waals surface area contributed by atoms with Crippen LogP contribution in [-0.2, 0) is 9.98 Å². The van der Waals surface area contributed by atoms with E-state index in [1.54, 1.807) is 11.1 Å². The third-order valence-electron chi connectivity index (χ3n) is 5.02. The van der Waals surface area contributed by atoms with Gasteiger partial charge in [0.2, 0.25) is 0 Å². The van der Waals surface area contributed by atoms with Crippen LogP contribution >= 0.6 is 7.82 Å². The Morgan fingerprint density at radius 1 is 0.875 bits per heavy atom. The van der Waals surface area contributed by atoms with E-state index in [0.717, 1.165) is 0 Å². The van der Waals surface area contributed by atoms with Crippen LogP contribution in [0.4, 0.5) is 0 Å². The van der Waals surface area contributed by atoms with Crippen LogP contribution in [0.2, 0.25) is 0 Å². The van der Waals surface area contributed by atoms with Gasteiger partial charge in [0, 0.05) is 5.41 Å². The normalized spacial score (nSPS) is 18.5. The Morgan fingerprint density at radius 3 is 1.67 bits per heavy atom. The van der Waals surface area contributed by atoms with Crippen molar-refractivity contribution < 1.29 is 19.2 Å². The van der Waals surface area contributed by atoms with Gasteiger partial charge in [-0.3, -0.25) is 0 Å². The van der Waals surface area contributed by atoms with Gasteiger partial charge in [0.1, 0.15) is 0 Å². The van der Waals surface area contributed by atoms with Crippen LogP contribution in [0.25, 0.3) is 11.1 Å². The highest BCUT2D eigenvalue weighted by atomic mass is 31.2. The molecule has 0 saturated carbocycles. The van der Waals surface area contributed by atoms with Gasteiger partial charge in [-0.1, -0.05) is 48.5 Å². The standard InChI is InChI=1S/C18H19N.H3O4P/c1-19-12-10-18(11-13-19)16-8-4-2-6-14(16)15-7-3-5-9-17(15)18;1-5(2,3)4/h2-9H,10-13H2,1H3;(H3,1,2,3,4). The number of hydrogen-bond acceptors (Lipinski definition) is 2. The number of hydrogen-bond donors (Lipinski definition) is 3. The average molecular weight is 347 g/mol. The van der Waals surface area contributed by atoms with Crippen molar-refractivity contribution in [1.82, 2.24) is 4.90 Å². The van der Waals surface area contributed by atoms with Gasteiger partial charge in [-0.05, 0) is 55.2 Å². The van der Waals surface area contributed by atoms with Crippen molar-refractivity contribution in [2.45, 2.75) is 18.3 Å². The fraction of sp³-hybridized carbons (Fsp3) is 0.333. The minimum Gasteiger partial charge on any atom is -0.306 e. The fourth-order valence-electron chi connectivity index (χ4n) is 3.95. The second kappa shape index (κ2) is 6.43. The summed E-state index contributed by atoms with van der Waals surface area (Å²) >= 11 is 0. The van der Waals surface area contributed by atoms with Crippen LogP contribution < -0.4 is 0 Å². The smallest absolute Gasteiger partial charge is 0.306 e. The van der Waals surface area contributed by atoms with Gasteiger partial charge < -0.3 is 19.6 Å². The number of phosphoric acid groups is 1. The lowest BCUT2D eigenvalue weighted by Crippen LogP contribution is -2.40. The summed E-state index contributed by atoms with van der Waals surface area (Å²) in [5.41, 5.74) is 6.32. The third kappa shape index (κ3) is 3.32. The molecule has 0 atom stereocenters. The lowest BCUT2D eigenvalue weighted by atomic mass is 9.71. The van der Waals surface area contributed by atoms with Crippen molar-refractivity contribution in [3.05, 3.63) is 59.7 Å². The summed E-state index contributed by atoms with van der Waals surface area (Å²) in [7, 11) is -2.40. The fourth-order valence-corrected chi connectivity index (χ4v) is 3.95. The molecule has 6 heteroatoms. The van der Waals surface area contributed by atoms with Crippen molar-refractivity contribution >= 4 is 7.82 Å². The maximum absolute atomic E-state index is 8.88. The molecule has 24 heavy (non-hydrogen) atoms. The summed E-state index contributed by atoms with van der Waals surface area (Å²) in [5.74, 6) is 0. The van der Waals surface area contributed by atoms with Crippen molar-refractivity contribution in [2.24, 2.45) is 0 Å². The molecule has 1 fully saturated rings. The van der Waals surface area contributed by atoms with E-state index in [0.29, 0.717) is 0 Å². The molecule has 0 amide bonds. The molecule has 1 heterocycles. The topological polar surface area (TPSA) is 81.0 Å². The van der Waals surface area contributed by atoms with Gasteiger partial charge in [0.25, 0.3) is 0 Å². The van der Waals surface area contributed by atoms with Crippen LogP contribution in [0.1, 0.15) is 24.0 Å². The van der Waals surface area contributed by atoms with Gasteiger partial charge in [-0.15, -0.1) is 0 Å². The SMILES string of the molecule is CN1CCC2(CC1)c1ccccc1-c1ccccc12.O=P(O)(O)O. The molecule has 1 spiro atoms. The first-order chi connectivity index (χ1) is 11.3. The zero-order valence-corrected chi connectivity index (χ0v) is 14.5. The highest BCUT2D eigenvalue weighted by Crippen LogP contribution is 2.53. The van der Waals surface area contributed by atoms with Crippen molar-refractivity contribution in [1.29, 1.82) is 0 Å². The lowest BCUT2D eigenvalue weighted by molar-refractivity contribution is 0.216. The summed E-state index contributed by atoms with van der Waals surface area (Å²) in [6, 6.07) is 18.0. The van der Waals surface area contributed by atoms with Crippen LogP contribution in [0.15, 0.2) is 48.5 Å². The number of piperidine rings is 1. The number of rotatable bonds is 0. The zero-order valence-electron chi connectivity index (χ0n) is 13.6. The van der Waals surface area contributed by atoms with Crippen molar-refractivity contribution in [2.75, 3.05) is 20.1 Å².